The highest BCUT2D eigenvalue weighted by molar-refractivity contribution is 5.97. The van der Waals surface area contributed by atoms with Gasteiger partial charge in [-0.1, -0.05) is 12.1 Å². The van der Waals surface area contributed by atoms with Gasteiger partial charge in [0.15, 0.2) is 5.82 Å². The fourth-order valence-corrected chi connectivity index (χ4v) is 2.86. The second-order valence-electron chi connectivity index (χ2n) is 6.24. The van der Waals surface area contributed by atoms with Crippen LogP contribution in [0.5, 0.6) is 0 Å². The number of carbonyl (C=O) groups excluding carboxylic acids is 2. The van der Waals surface area contributed by atoms with Gasteiger partial charge >= 0.3 is 0 Å². The summed E-state index contributed by atoms with van der Waals surface area (Å²) in [5.41, 5.74) is 2.88. The van der Waals surface area contributed by atoms with Gasteiger partial charge in [0, 0.05) is 35.6 Å². The predicted octanol–water partition coefficient (Wildman–Crippen LogP) is 3.03. The van der Waals surface area contributed by atoms with Crippen molar-refractivity contribution in [1.29, 1.82) is 0 Å². The molecule has 2 N–H and O–H groups in total. The van der Waals surface area contributed by atoms with Gasteiger partial charge in [-0.15, -0.1) is 0 Å². The quantitative estimate of drug-likeness (QED) is 0.729. The topological polar surface area (TPSA) is 88.9 Å². The molecule has 0 aliphatic carbocycles. The molecule has 7 heteroatoms. The van der Waals surface area contributed by atoms with Crippen LogP contribution in [0, 0.1) is 6.92 Å². The minimum Gasteiger partial charge on any atom is -0.345 e. The predicted molar refractivity (Wildman–Crippen MR) is 103 cm³/mol. The first-order valence-electron chi connectivity index (χ1n) is 8.60. The van der Waals surface area contributed by atoms with Gasteiger partial charge in [0.2, 0.25) is 5.91 Å². The zero-order chi connectivity index (χ0) is 19.4. The normalized spacial score (nSPS) is 11.7. The molecule has 0 spiro atoms. The van der Waals surface area contributed by atoms with Crippen LogP contribution < -0.4 is 10.6 Å². The van der Waals surface area contributed by atoms with E-state index in [4.69, 9.17) is 0 Å². The van der Waals surface area contributed by atoms with E-state index in [0.29, 0.717) is 11.3 Å². The lowest BCUT2D eigenvalue weighted by atomic mass is 10.1. The molecule has 7 nitrogen and oxygen atoms in total. The summed E-state index contributed by atoms with van der Waals surface area (Å²) in [5.74, 6) is 0.320. The van der Waals surface area contributed by atoms with Gasteiger partial charge in [0.25, 0.3) is 5.91 Å². The lowest BCUT2D eigenvalue weighted by molar-refractivity contribution is -0.114. The third-order valence-corrected chi connectivity index (χ3v) is 4.17. The van der Waals surface area contributed by atoms with E-state index < -0.39 is 0 Å². The van der Waals surface area contributed by atoms with Crippen LogP contribution in [0.2, 0.25) is 0 Å². The number of benzene rings is 1. The van der Waals surface area contributed by atoms with Crippen molar-refractivity contribution in [3.8, 4) is 5.82 Å². The molecule has 27 heavy (non-hydrogen) atoms. The number of rotatable bonds is 5. The summed E-state index contributed by atoms with van der Waals surface area (Å²) in [7, 11) is 0. The molecule has 0 radical (unpaired) electrons. The maximum Gasteiger partial charge on any atom is 0.251 e. The highest BCUT2D eigenvalue weighted by Gasteiger charge is 2.17. The number of anilines is 1. The van der Waals surface area contributed by atoms with Crippen molar-refractivity contribution in [3.05, 3.63) is 71.7 Å². The van der Waals surface area contributed by atoms with Crippen LogP contribution in [0.1, 0.15) is 41.5 Å². The lowest BCUT2D eigenvalue weighted by Crippen LogP contribution is -2.27. The van der Waals surface area contributed by atoms with E-state index in [1.165, 1.54) is 6.92 Å². The first-order valence-corrected chi connectivity index (χ1v) is 8.60. The van der Waals surface area contributed by atoms with Gasteiger partial charge in [0.1, 0.15) is 0 Å². The standard InChI is InChI=1S/C20H21N5O2/c1-13(18-12-22-25(14(18)2)19-9-4-5-10-21-19)23-20(27)16-7-6-8-17(11-16)24-15(3)26/h4-13H,1-3H3,(H,23,27)(H,24,26). The average molecular weight is 363 g/mol. The van der Waals surface area contributed by atoms with Crippen molar-refractivity contribution >= 4 is 17.5 Å². The van der Waals surface area contributed by atoms with Crippen LogP contribution in [-0.4, -0.2) is 26.6 Å². The van der Waals surface area contributed by atoms with Crippen molar-refractivity contribution in [2.75, 3.05) is 5.32 Å². The summed E-state index contributed by atoms with van der Waals surface area (Å²) in [4.78, 5) is 28.1. The van der Waals surface area contributed by atoms with Gasteiger partial charge in [-0.2, -0.15) is 5.10 Å². The Kier molecular flexibility index (Phi) is 5.30. The molecule has 0 bridgehead atoms. The Labute approximate surface area is 157 Å². The summed E-state index contributed by atoms with van der Waals surface area (Å²) in [6, 6.07) is 12.2. The van der Waals surface area contributed by atoms with Crippen molar-refractivity contribution in [2.45, 2.75) is 26.8 Å². The molecule has 0 saturated carbocycles. The molecule has 0 aliphatic heterocycles. The Balaban J connectivity index is 1.76. The average Bonchev–Trinajstić information content (AvgIpc) is 3.03. The number of nitrogens with zero attached hydrogens (tertiary/aromatic N) is 3. The molecule has 1 aromatic carbocycles. The fourth-order valence-electron chi connectivity index (χ4n) is 2.86. The van der Waals surface area contributed by atoms with Crippen molar-refractivity contribution in [2.24, 2.45) is 0 Å². The molecule has 2 aromatic heterocycles. The minimum atomic E-state index is -0.237. The zero-order valence-electron chi connectivity index (χ0n) is 15.4. The Morgan fingerprint density at radius 3 is 2.67 bits per heavy atom. The molecule has 2 amide bonds. The molecular formula is C20H21N5O2. The van der Waals surface area contributed by atoms with Crippen LogP contribution in [0.15, 0.2) is 54.9 Å². The summed E-state index contributed by atoms with van der Waals surface area (Å²) in [6.45, 7) is 5.27. The zero-order valence-corrected chi connectivity index (χ0v) is 15.4. The Hall–Kier alpha value is -3.48. The molecule has 1 atom stereocenters. The van der Waals surface area contributed by atoms with Crippen molar-refractivity contribution in [3.63, 3.8) is 0 Å². The van der Waals surface area contributed by atoms with Crippen LogP contribution in [-0.2, 0) is 4.79 Å². The van der Waals surface area contributed by atoms with Crippen LogP contribution in [0.3, 0.4) is 0 Å². The molecule has 2 heterocycles. The van der Waals surface area contributed by atoms with E-state index in [1.54, 1.807) is 41.3 Å². The third kappa shape index (κ3) is 4.20. The molecular weight excluding hydrogens is 342 g/mol. The van der Waals surface area contributed by atoms with E-state index in [-0.39, 0.29) is 17.9 Å². The molecule has 1 unspecified atom stereocenters. The Morgan fingerprint density at radius 1 is 1.15 bits per heavy atom. The van der Waals surface area contributed by atoms with Crippen molar-refractivity contribution in [1.82, 2.24) is 20.1 Å². The second-order valence-corrected chi connectivity index (χ2v) is 6.24. The Morgan fingerprint density at radius 2 is 1.96 bits per heavy atom. The van der Waals surface area contributed by atoms with Gasteiger partial charge < -0.3 is 10.6 Å². The fraction of sp³-hybridized carbons (Fsp3) is 0.200. The number of hydrogen-bond acceptors (Lipinski definition) is 4. The van der Waals surface area contributed by atoms with Gasteiger partial charge in [-0.25, -0.2) is 9.67 Å². The molecule has 3 aromatic rings. The van der Waals surface area contributed by atoms with Crippen molar-refractivity contribution < 1.29 is 9.59 Å². The van der Waals surface area contributed by atoms with Crippen LogP contribution in [0.25, 0.3) is 5.82 Å². The second kappa shape index (κ2) is 7.82. The maximum atomic E-state index is 12.6. The first kappa shape index (κ1) is 18.3. The molecule has 3 rings (SSSR count). The number of amides is 2. The van der Waals surface area contributed by atoms with Gasteiger partial charge in [-0.3, -0.25) is 9.59 Å². The number of hydrogen-bond donors (Lipinski definition) is 2. The highest BCUT2D eigenvalue weighted by Crippen LogP contribution is 2.20. The van der Waals surface area contributed by atoms with Gasteiger partial charge in [0.05, 0.1) is 12.2 Å². The monoisotopic (exact) mass is 363 g/mol. The minimum absolute atomic E-state index is 0.182. The lowest BCUT2D eigenvalue weighted by Gasteiger charge is -2.14. The largest absolute Gasteiger partial charge is 0.345 e. The van der Waals surface area contributed by atoms with E-state index in [0.717, 1.165) is 17.1 Å². The van der Waals surface area contributed by atoms with E-state index in [9.17, 15) is 9.59 Å². The highest BCUT2D eigenvalue weighted by atomic mass is 16.2. The van der Waals surface area contributed by atoms with E-state index >= 15 is 0 Å². The first-order chi connectivity index (χ1) is 13.0. The maximum absolute atomic E-state index is 12.6. The summed E-state index contributed by atoms with van der Waals surface area (Å²) in [6.07, 6.45) is 3.45. The van der Waals surface area contributed by atoms with Gasteiger partial charge in [-0.05, 0) is 44.2 Å². The van der Waals surface area contributed by atoms with E-state index in [2.05, 4.69) is 20.7 Å². The SMILES string of the molecule is CC(=O)Nc1cccc(C(=O)NC(C)c2cnn(-c3ccccn3)c2C)c1. The number of nitrogens with one attached hydrogen (secondary N) is 2. The smallest absolute Gasteiger partial charge is 0.251 e. The summed E-state index contributed by atoms with van der Waals surface area (Å²) in [5, 5.41) is 10.0. The summed E-state index contributed by atoms with van der Waals surface area (Å²) >= 11 is 0. The van der Waals surface area contributed by atoms with Crippen LogP contribution >= 0.6 is 0 Å². The molecule has 0 aliphatic rings. The van der Waals surface area contributed by atoms with E-state index in [1.807, 2.05) is 32.0 Å². The number of pyridine rings is 1. The third-order valence-electron chi connectivity index (χ3n) is 4.17. The Bertz CT molecular complexity index is 966. The molecule has 0 fully saturated rings. The van der Waals surface area contributed by atoms with Crippen LogP contribution in [0.4, 0.5) is 5.69 Å². The number of aromatic nitrogens is 3. The molecule has 138 valence electrons. The number of carbonyl (C=O) groups is 2. The summed E-state index contributed by atoms with van der Waals surface area (Å²) < 4.78 is 1.75. The molecule has 0 saturated heterocycles.